The molecule has 0 aliphatic carbocycles. The van der Waals surface area contributed by atoms with E-state index in [4.69, 9.17) is 14.2 Å². The molecule has 2 heterocycles. The van der Waals surface area contributed by atoms with E-state index in [9.17, 15) is 0 Å². The number of hydrogen-bond donors (Lipinski definition) is 1. The summed E-state index contributed by atoms with van der Waals surface area (Å²) in [5.41, 5.74) is 1.58. The van der Waals surface area contributed by atoms with Crippen LogP contribution in [-0.4, -0.2) is 52.4 Å². The summed E-state index contributed by atoms with van der Waals surface area (Å²) in [5.74, 6) is 2.43. The predicted molar refractivity (Wildman–Crippen MR) is 93.2 cm³/mol. The molecule has 2 aliphatic rings. The summed E-state index contributed by atoms with van der Waals surface area (Å²) in [6, 6.07) is 3.86. The van der Waals surface area contributed by atoms with Crippen molar-refractivity contribution >= 4 is 12.4 Å². The van der Waals surface area contributed by atoms with Crippen molar-refractivity contribution in [2.75, 3.05) is 47.5 Å². The Hall–Kier alpha value is -1.17. The minimum atomic E-state index is 0. The lowest BCUT2D eigenvalue weighted by Gasteiger charge is -2.24. The molecule has 1 atom stereocenters. The van der Waals surface area contributed by atoms with Crippen LogP contribution >= 0.6 is 12.4 Å². The third-order valence-corrected chi connectivity index (χ3v) is 5.05. The molecule has 2 aliphatic heterocycles. The van der Waals surface area contributed by atoms with Crippen molar-refractivity contribution in [2.24, 2.45) is 5.41 Å². The molecule has 2 fully saturated rings. The second-order valence-electron chi connectivity index (χ2n) is 6.40. The molecule has 6 heteroatoms. The van der Waals surface area contributed by atoms with Gasteiger partial charge in [0, 0.05) is 31.8 Å². The predicted octanol–water partition coefficient (Wildman–Crippen LogP) is 2.32. The van der Waals surface area contributed by atoms with Crippen LogP contribution in [0.1, 0.15) is 18.4 Å². The minimum absolute atomic E-state index is 0. The number of likely N-dealkylation sites (tertiary alicyclic amines) is 1. The maximum atomic E-state index is 5.56. The van der Waals surface area contributed by atoms with Gasteiger partial charge in [0.05, 0.1) is 26.9 Å². The molecule has 1 unspecified atom stereocenters. The van der Waals surface area contributed by atoms with Crippen LogP contribution in [0.2, 0.25) is 0 Å². The Bertz CT molecular complexity index is 508. The molecule has 1 N–H and O–H groups in total. The zero-order valence-corrected chi connectivity index (χ0v) is 15.0. The van der Waals surface area contributed by atoms with Gasteiger partial charge in [0.1, 0.15) is 17.2 Å². The zero-order chi connectivity index (χ0) is 15.6. The van der Waals surface area contributed by atoms with E-state index in [1.807, 2.05) is 12.1 Å². The van der Waals surface area contributed by atoms with E-state index in [1.165, 1.54) is 12.8 Å². The topological polar surface area (TPSA) is 43.0 Å². The zero-order valence-electron chi connectivity index (χ0n) is 14.2. The summed E-state index contributed by atoms with van der Waals surface area (Å²) in [4.78, 5) is 2.51. The Kier molecular flexibility index (Phi) is 6.00. The summed E-state index contributed by atoms with van der Waals surface area (Å²) in [7, 11) is 5.05. The molecule has 0 radical (unpaired) electrons. The summed E-state index contributed by atoms with van der Waals surface area (Å²) >= 11 is 0. The molecule has 130 valence electrons. The van der Waals surface area contributed by atoms with Crippen molar-refractivity contribution in [1.82, 2.24) is 10.2 Å². The van der Waals surface area contributed by atoms with Gasteiger partial charge in [-0.3, -0.25) is 4.90 Å². The fourth-order valence-electron chi connectivity index (χ4n) is 3.76. The van der Waals surface area contributed by atoms with Gasteiger partial charge >= 0.3 is 0 Å². The van der Waals surface area contributed by atoms with Gasteiger partial charge in [-0.25, -0.2) is 0 Å². The second-order valence-corrected chi connectivity index (χ2v) is 6.40. The summed E-state index contributed by atoms with van der Waals surface area (Å²) in [6.07, 6.45) is 2.57. The summed E-state index contributed by atoms with van der Waals surface area (Å²) < 4.78 is 16.4. The van der Waals surface area contributed by atoms with Gasteiger partial charge in [0.15, 0.2) is 0 Å². The van der Waals surface area contributed by atoms with Crippen molar-refractivity contribution in [3.63, 3.8) is 0 Å². The molecule has 1 spiro atoms. The maximum Gasteiger partial charge on any atom is 0.130 e. The third-order valence-electron chi connectivity index (χ3n) is 5.05. The molecule has 3 rings (SSSR count). The van der Waals surface area contributed by atoms with Gasteiger partial charge in [0.25, 0.3) is 0 Å². The van der Waals surface area contributed by atoms with Crippen molar-refractivity contribution in [3.8, 4) is 17.2 Å². The lowest BCUT2D eigenvalue weighted by molar-refractivity contribution is 0.260. The van der Waals surface area contributed by atoms with Crippen LogP contribution in [0.3, 0.4) is 0 Å². The lowest BCUT2D eigenvalue weighted by atomic mass is 9.86. The number of benzene rings is 1. The summed E-state index contributed by atoms with van der Waals surface area (Å²) in [6.45, 7) is 5.46. The monoisotopic (exact) mass is 342 g/mol. The van der Waals surface area contributed by atoms with E-state index in [0.717, 1.165) is 55.5 Å². The van der Waals surface area contributed by atoms with E-state index in [0.29, 0.717) is 5.41 Å². The fourth-order valence-corrected chi connectivity index (χ4v) is 3.76. The van der Waals surface area contributed by atoms with Crippen molar-refractivity contribution in [2.45, 2.75) is 19.4 Å². The number of nitrogens with zero attached hydrogens (tertiary/aromatic N) is 1. The molecule has 2 saturated heterocycles. The van der Waals surface area contributed by atoms with Crippen LogP contribution in [0, 0.1) is 5.41 Å². The minimum Gasteiger partial charge on any atom is -0.496 e. The fraction of sp³-hybridized carbons (Fsp3) is 0.647. The quantitative estimate of drug-likeness (QED) is 0.889. The van der Waals surface area contributed by atoms with Crippen LogP contribution in [0.25, 0.3) is 0 Å². The average Bonchev–Trinajstić information content (AvgIpc) is 3.17. The Balaban J connectivity index is 0.00000192. The number of hydrogen-bond acceptors (Lipinski definition) is 5. The molecule has 1 aromatic carbocycles. The van der Waals surface area contributed by atoms with Crippen LogP contribution < -0.4 is 19.5 Å². The number of ether oxygens (including phenoxy) is 3. The van der Waals surface area contributed by atoms with Gasteiger partial charge < -0.3 is 19.5 Å². The first-order valence-electron chi connectivity index (χ1n) is 7.92. The van der Waals surface area contributed by atoms with E-state index in [1.54, 1.807) is 21.3 Å². The van der Waals surface area contributed by atoms with Gasteiger partial charge in [-0.1, -0.05) is 0 Å². The standard InChI is InChI=1S/C17H26N2O3.ClH/c1-20-13-8-15(21-2)14(16(9-13)22-3)10-19-7-5-17(12-19)4-6-18-11-17;/h8-9,18H,4-7,10-12H2,1-3H3;1H. The highest BCUT2D eigenvalue weighted by atomic mass is 35.5. The first kappa shape index (κ1) is 18.2. The van der Waals surface area contributed by atoms with Gasteiger partial charge in [-0.2, -0.15) is 0 Å². The maximum absolute atomic E-state index is 5.56. The van der Waals surface area contributed by atoms with E-state index < -0.39 is 0 Å². The van der Waals surface area contributed by atoms with Crippen molar-refractivity contribution in [3.05, 3.63) is 17.7 Å². The van der Waals surface area contributed by atoms with Crippen molar-refractivity contribution < 1.29 is 14.2 Å². The first-order chi connectivity index (χ1) is 10.7. The third kappa shape index (κ3) is 3.67. The Labute approximate surface area is 144 Å². The van der Waals surface area contributed by atoms with E-state index in [-0.39, 0.29) is 12.4 Å². The lowest BCUT2D eigenvalue weighted by Crippen LogP contribution is -2.29. The van der Waals surface area contributed by atoms with Gasteiger partial charge in [-0.05, 0) is 31.3 Å². The molecule has 0 amide bonds. The molecule has 0 aromatic heterocycles. The number of nitrogens with one attached hydrogen (secondary N) is 1. The molecule has 1 aromatic rings. The molecule has 0 bridgehead atoms. The normalized spacial score (nSPS) is 23.8. The summed E-state index contributed by atoms with van der Waals surface area (Å²) in [5, 5.41) is 3.51. The van der Waals surface area contributed by atoms with E-state index in [2.05, 4.69) is 10.2 Å². The largest absolute Gasteiger partial charge is 0.496 e. The molecule has 5 nitrogen and oxygen atoms in total. The molecule has 23 heavy (non-hydrogen) atoms. The van der Waals surface area contributed by atoms with Gasteiger partial charge in [-0.15, -0.1) is 12.4 Å². The first-order valence-corrected chi connectivity index (χ1v) is 7.92. The number of rotatable bonds is 5. The number of methoxy groups -OCH3 is 3. The Morgan fingerprint density at radius 2 is 1.78 bits per heavy atom. The van der Waals surface area contributed by atoms with Crippen LogP contribution in [-0.2, 0) is 6.54 Å². The highest BCUT2D eigenvalue weighted by Gasteiger charge is 2.40. The molecule has 0 saturated carbocycles. The Morgan fingerprint density at radius 3 is 2.30 bits per heavy atom. The molecular weight excluding hydrogens is 316 g/mol. The van der Waals surface area contributed by atoms with Crippen LogP contribution in [0.5, 0.6) is 17.2 Å². The SMILES string of the molecule is COc1cc(OC)c(CN2CCC3(CCNC3)C2)c(OC)c1.Cl. The average molecular weight is 343 g/mol. The van der Waals surface area contributed by atoms with Crippen molar-refractivity contribution in [1.29, 1.82) is 0 Å². The highest BCUT2D eigenvalue weighted by Crippen LogP contribution is 2.40. The smallest absolute Gasteiger partial charge is 0.130 e. The highest BCUT2D eigenvalue weighted by molar-refractivity contribution is 5.85. The molecular formula is C17H27ClN2O3. The van der Waals surface area contributed by atoms with Crippen LogP contribution in [0.15, 0.2) is 12.1 Å². The Morgan fingerprint density at radius 1 is 1.09 bits per heavy atom. The van der Waals surface area contributed by atoms with Gasteiger partial charge in [0.2, 0.25) is 0 Å². The number of halogens is 1. The van der Waals surface area contributed by atoms with E-state index >= 15 is 0 Å². The second kappa shape index (κ2) is 7.60. The van der Waals surface area contributed by atoms with Crippen LogP contribution in [0.4, 0.5) is 0 Å².